The molecule has 0 atom stereocenters. The molecule has 6 nitrogen and oxygen atoms in total. The van der Waals surface area contributed by atoms with Crippen LogP contribution in [0, 0.1) is 0 Å². The highest BCUT2D eigenvalue weighted by molar-refractivity contribution is 8.04. The zero-order valence-corrected chi connectivity index (χ0v) is 13.2. The highest BCUT2D eigenvalue weighted by atomic mass is 32.2. The van der Waals surface area contributed by atoms with Gasteiger partial charge in [0.1, 0.15) is 16.5 Å². The Hall–Kier alpha value is -2.28. The topological polar surface area (TPSA) is 88.1 Å². The Bertz CT molecular complexity index is 665. The molecule has 0 unspecified atom stereocenters. The molecule has 1 heterocycles. The van der Waals surface area contributed by atoms with Crippen molar-refractivity contribution in [1.82, 2.24) is 15.2 Å². The second-order valence-corrected chi connectivity index (χ2v) is 5.35. The van der Waals surface area contributed by atoms with Crippen LogP contribution in [0.3, 0.4) is 0 Å². The van der Waals surface area contributed by atoms with E-state index in [9.17, 15) is 9.90 Å². The summed E-state index contributed by atoms with van der Waals surface area (Å²) in [6.45, 7) is 4.45. The van der Waals surface area contributed by atoms with Crippen molar-refractivity contribution in [3.8, 4) is 5.75 Å². The lowest BCUT2D eigenvalue weighted by molar-refractivity contribution is -0.131. The van der Waals surface area contributed by atoms with Gasteiger partial charge in [-0.1, -0.05) is 19.1 Å². The Balaban J connectivity index is 2.17. The number of nitrogens with zero attached hydrogens (tertiary/aromatic N) is 2. The smallest absolute Gasteiger partial charge is 0.342 e. The van der Waals surface area contributed by atoms with Gasteiger partial charge in [0.05, 0.1) is 6.61 Å². The maximum atomic E-state index is 11.4. The van der Waals surface area contributed by atoms with Crippen LogP contribution in [0.4, 0.5) is 0 Å². The molecule has 0 fully saturated rings. The second-order valence-electron chi connectivity index (χ2n) is 4.34. The molecule has 1 aromatic heterocycles. The predicted octanol–water partition coefficient (Wildman–Crippen LogP) is 2.98. The number of aromatic amines is 1. The summed E-state index contributed by atoms with van der Waals surface area (Å²) >= 11 is 1.02. The number of carbonyl (C=O) groups is 1. The first kappa shape index (κ1) is 16.1. The molecule has 0 radical (unpaired) electrons. The van der Waals surface area contributed by atoms with E-state index < -0.39 is 5.97 Å². The third kappa shape index (κ3) is 4.36. The van der Waals surface area contributed by atoms with Crippen LogP contribution in [0.5, 0.6) is 5.75 Å². The lowest BCUT2D eigenvalue weighted by Crippen LogP contribution is -1.97. The summed E-state index contributed by atoms with van der Waals surface area (Å²) in [5, 5.41) is 16.5. The highest BCUT2D eigenvalue weighted by Crippen LogP contribution is 2.26. The number of thioether (sulfide) groups is 1. The van der Waals surface area contributed by atoms with Crippen LogP contribution in [0.25, 0.3) is 6.08 Å². The Labute approximate surface area is 132 Å². The number of nitrogens with one attached hydrogen (secondary N) is 1. The van der Waals surface area contributed by atoms with Gasteiger partial charge in [0.25, 0.3) is 0 Å². The third-order valence-electron chi connectivity index (χ3n) is 2.75. The van der Waals surface area contributed by atoms with Crippen molar-refractivity contribution in [3.05, 3.63) is 40.6 Å². The molecule has 7 heteroatoms. The van der Waals surface area contributed by atoms with Gasteiger partial charge in [-0.05, 0) is 42.5 Å². The fourth-order valence-corrected chi connectivity index (χ4v) is 2.42. The van der Waals surface area contributed by atoms with Gasteiger partial charge in [0.2, 0.25) is 5.16 Å². The van der Waals surface area contributed by atoms with Gasteiger partial charge in [0, 0.05) is 6.42 Å². The van der Waals surface area contributed by atoms with E-state index >= 15 is 0 Å². The standard InChI is InChI=1S/C15H17N3O3S/c1-3-13-16-15(18-17-13)22-12(14(19)20)9-10-5-7-11(8-6-10)21-4-2/h5-9H,3-4H2,1-2H3,(H,19,20)(H,16,17,18)/b12-9-. The average Bonchev–Trinajstić information content (AvgIpc) is 2.96. The maximum absolute atomic E-state index is 11.4. The Morgan fingerprint density at radius 2 is 2.09 bits per heavy atom. The fraction of sp³-hybridized carbons (Fsp3) is 0.267. The second kappa shape index (κ2) is 7.65. The molecular formula is C15H17N3O3S. The molecular weight excluding hydrogens is 302 g/mol. The Morgan fingerprint density at radius 1 is 1.36 bits per heavy atom. The monoisotopic (exact) mass is 319 g/mol. The first-order chi connectivity index (χ1) is 10.6. The number of H-pyrrole nitrogens is 1. The van der Waals surface area contributed by atoms with Crippen LogP contribution >= 0.6 is 11.8 Å². The minimum absolute atomic E-state index is 0.158. The summed E-state index contributed by atoms with van der Waals surface area (Å²) in [6.07, 6.45) is 2.31. The number of aromatic nitrogens is 3. The minimum atomic E-state index is -1.01. The molecule has 0 saturated heterocycles. The number of hydrogen-bond acceptors (Lipinski definition) is 5. The fourth-order valence-electron chi connectivity index (χ4n) is 1.69. The van der Waals surface area contributed by atoms with Gasteiger partial charge in [-0.15, -0.1) is 5.10 Å². The molecule has 2 rings (SSSR count). The number of aliphatic carboxylic acids is 1. The highest BCUT2D eigenvalue weighted by Gasteiger charge is 2.13. The van der Waals surface area contributed by atoms with Crippen molar-refractivity contribution in [2.75, 3.05) is 6.61 Å². The molecule has 2 N–H and O–H groups in total. The molecule has 0 aliphatic heterocycles. The van der Waals surface area contributed by atoms with Crippen LogP contribution in [0.15, 0.2) is 34.3 Å². The van der Waals surface area contributed by atoms with Crippen LogP contribution in [0.2, 0.25) is 0 Å². The van der Waals surface area contributed by atoms with Crippen molar-refractivity contribution >= 4 is 23.8 Å². The van der Waals surface area contributed by atoms with Crippen molar-refractivity contribution in [2.24, 2.45) is 0 Å². The first-order valence-corrected chi connectivity index (χ1v) is 7.71. The molecule has 0 spiro atoms. The van der Waals surface area contributed by atoms with E-state index in [1.54, 1.807) is 18.2 Å². The molecule has 0 aliphatic carbocycles. The van der Waals surface area contributed by atoms with Crippen LogP contribution in [0.1, 0.15) is 25.2 Å². The summed E-state index contributed by atoms with van der Waals surface area (Å²) < 4.78 is 5.36. The molecule has 0 amide bonds. The van der Waals surface area contributed by atoms with Crippen molar-refractivity contribution in [3.63, 3.8) is 0 Å². The number of hydrogen-bond donors (Lipinski definition) is 2. The van der Waals surface area contributed by atoms with Crippen LogP contribution in [-0.2, 0) is 11.2 Å². The molecule has 22 heavy (non-hydrogen) atoms. The Kier molecular flexibility index (Phi) is 5.60. The summed E-state index contributed by atoms with van der Waals surface area (Å²) in [7, 11) is 0. The van der Waals surface area contributed by atoms with E-state index in [1.807, 2.05) is 26.0 Å². The van der Waals surface area contributed by atoms with E-state index in [4.69, 9.17) is 4.74 Å². The van der Waals surface area contributed by atoms with Gasteiger partial charge in [-0.3, -0.25) is 5.10 Å². The number of rotatable bonds is 7. The number of ether oxygens (including phenoxy) is 1. The quantitative estimate of drug-likeness (QED) is 0.602. The van der Waals surface area contributed by atoms with Gasteiger partial charge < -0.3 is 9.84 Å². The molecule has 0 saturated carbocycles. The van der Waals surface area contributed by atoms with Gasteiger partial charge in [-0.2, -0.15) is 0 Å². The molecule has 0 bridgehead atoms. The van der Waals surface area contributed by atoms with Gasteiger partial charge in [-0.25, -0.2) is 9.78 Å². The normalized spacial score (nSPS) is 11.5. The van der Waals surface area contributed by atoms with Gasteiger partial charge in [0.15, 0.2) is 0 Å². The van der Waals surface area contributed by atoms with E-state index in [0.29, 0.717) is 11.8 Å². The lowest BCUT2D eigenvalue weighted by atomic mass is 10.2. The first-order valence-electron chi connectivity index (χ1n) is 6.89. The third-order valence-corrected chi connectivity index (χ3v) is 3.62. The molecule has 0 aliphatic rings. The summed E-state index contributed by atoms with van der Waals surface area (Å²) in [5.41, 5.74) is 0.777. The summed E-state index contributed by atoms with van der Waals surface area (Å²) in [4.78, 5) is 15.7. The average molecular weight is 319 g/mol. The minimum Gasteiger partial charge on any atom is -0.494 e. The van der Waals surface area contributed by atoms with Crippen LogP contribution in [-0.4, -0.2) is 32.9 Å². The number of benzene rings is 1. The van der Waals surface area contributed by atoms with Crippen molar-refractivity contribution in [1.29, 1.82) is 0 Å². The van der Waals surface area contributed by atoms with Crippen molar-refractivity contribution in [2.45, 2.75) is 25.4 Å². The van der Waals surface area contributed by atoms with E-state index in [0.717, 1.165) is 35.3 Å². The molecule has 2 aromatic rings. The van der Waals surface area contributed by atoms with E-state index in [-0.39, 0.29) is 4.91 Å². The lowest BCUT2D eigenvalue weighted by Gasteiger charge is -2.03. The Morgan fingerprint density at radius 3 is 2.64 bits per heavy atom. The number of carboxylic acid groups (broad SMARTS) is 1. The SMILES string of the molecule is CCOc1ccc(/C=C(\Sc2n[nH]c(CC)n2)C(=O)O)cc1. The summed E-state index contributed by atoms with van der Waals surface area (Å²) in [6, 6.07) is 7.23. The maximum Gasteiger partial charge on any atom is 0.342 e. The van der Waals surface area contributed by atoms with E-state index in [2.05, 4.69) is 15.2 Å². The van der Waals surface area contributed by atoms with E-state index in [1.165, 1.54) is 0 Å². The molecule has 1 aromatic carbocycles. The number of aryl methyl sites for hydroxylation is 1. The number of carboxylic acids is 1. The zero-order chi connectivity index (χ0) is 15.9. The zero-order valence-electron chi connectivity index (χ0n) is 12.4. The summed E-state index contributed by atoms with van der Waals surface area (Å²) in [5.74, 6) is 0.473. The van der Waals surface area contributed by atoms with Gasteiger partial charge >= 0.3 is 5.97 Å². The van der Waals surface area contributed by atoms with Crippen LogP contribution < -0.4 is 4.74 Å². The largest absolute Gasteiger partial charge is 0.494 e. The van der Waals surface area contributed by atoms with Crippen molar-refractivity contribution < 1.29 is 14.6 Å². The molecule has 116 valence electrons. The predicted molar refractivity (Wildman–Crippen MR) is 84.8 cm³/mol.